The summed E-state index contributed by atoms with van der Waals surface area (Å²) in [5.74, 6) is 1.88. The van der Waals surface area contributed by atoms with Crippen molar-refractivity contribution in [2.75, 3.05) is 13.2 Å². The van der Waals surface area contributed by atoms with Crippen LogP contribution in [0.2, 0.25) is 0 Å². The van der Waals surface area contributed by atoms with Crippen LogP contribution in [0, 0.1) is 6.92 Å². The van der Waals surface area contributed by atoms with Gasteiger partial charge in [0.15, 0.2) is 11.5 Å². The Hall–Kier alpha value is -2.93. The van der Waals surface area contributed by atoms with Crippen molar-refractivity contribution in [2.24, 2.45) is 0 Å². The number of tetrazole rings is 1. The van der Waals surface area contributed by atoms with E-state index in [-0.39, 0.29) is 6.54 Å². The number of fused-ring (bicyclic) bond motifs is 1. The van der Waals surface area contributed by atoms with E-state index in [1.807, 2.05) is 37.3 Å². The molecule has 1 atom stereocenters. The van der Waals surface area contributed by atoms with E-state index in [2.05, 4.69) is 15.4 Å². The van der Waals surface area contributed by atoms with Gasteiger partial charge in [0.05, 0.1) is 6.54 Å². The van der Waals surface area contributed by atoms with E-state index in [0.29, 0.717) is 30.5 Å². The van der Waals surface area contributed by atoms with Crippen LogP contribution in [0.3, 0.4) is 0 Å². The zero-order valence-electron chi connectivity index (χ0n) is 13.8. The fourth-order valence-electron chi connectivity index (χ4n) is 2.67. The second-order valence-electron chi connectivity index (χ2n) is 5.95. The molecule has 2 aromatic carbocycles. The Morgan fingerprint density at radius 3 is 2.64 bits per heavy atom. The third-order valence-electron chi connectivity index (χ3n) is 4.05. The van der Waals surface area contributed by atoms with Gasteiger partial charge in [-0.05, 0) is 29.8 Å². The topological polar surface area (TPSA) is 82.3 Å². The van der Waals surface area contributed by atoms with Gasteiger partial charge in [-0.3, -0.25) is 0 Å². The molecule has 0 amide bonds. The standard InChI is InChI=1S/C18H18N4O3/c1-12-2-4-13(5-3-12)18-19-21-22(20-18)11-15(23)14-6-7-16-17(10-14)25-9-8-24-16/h2-7,10,15,23H,8-9,11H2,1H3/t15-/m1/s1. The lowest BCUT2D eigenvalue weighted by atomic mass is 10.1. The molecule has 0 unspecified atom stereocenters. The first-order valence-electron chi connectivity index (χ1n) is 8.11. The third kappa shape index (κ3) is 3.32. The number of rotatable bonds is 4. The maximum Gasteiger partial charge on any atom is 0.204 e. The molecule has 0 saturated carbocycles. The summed E-state index contributed by atoms with van der Waals surface area (Å²) in [6.45, 7) is 3.28. The van der Waals surface area contributed by atoms with Gasteiger partial charge in [-0.2, -0.15) is 4.80 Å². The molecule has 0 radical (unpaired) electrons. The Kier molecular flexibility index (Phi) is 4.07. The molecule has 0 spiro atoms. The second kappa shape index (κ2) is 6.52. The predicted octanol–water partition coefficient (Wildman–Crippen LogP) is 2.15. The maximum absolute atomic E-state index is 10.5. The molecule has 2 heterocycles. The van der Waals surface area contributed by atoms with Crippen LogP contribution in [0.1, 0.15) is 17.2 Å². The van der Waals surface area contributed by atoms with Crippen molar-refractivity contribution in [3.63, 3.8) is 0 Å². The molecule has 1 aliphatic rings. The van der Waals surface area contributed by atoms with Crippen molar-refractivity contribution >= 4 is 0 Å². The summed E-state index contributed by atoms with van der Waals surface area (Å²) < 4.78 is 11.0. The van der Waals surface area contributed by atoms with Crippen molar-refractivity contribution in [1.29, 1.82) is 0 Å². The van der Waals surface area contributed by atoms with Crippen molar-refractivity contribution in [1.82, 2.24) is 20.2 Å². The Bertz CT molecular complexity index is 876. The van der Waals surface area contributed by atoms with Crippen molar-refractivity contribution < 1.29 is 14.6 Å². The molecule has 0 aliphatic carbocycles. The van der Waals surface area contributed by atoms with E-state index in [9.17, 15) is 5.11 Å². The second-order valence-corrected chi connectivity index (χ2v) is 5.95. The number of aromatic nitrogens is 4. The normalized spacial score (nSPS) is 14.3. The van der Waals surface area contributed by atoms with Crippen LogP contribution in [0.5, 0.6) is 11.5 Å². The van der Waals surface area contributed by atoms with Crippen LogP contribution in [0.4, 0.5) is 0 Å². The number of hydrogen-bond donors (Lipinski definition) is 1. The maximum atomic E-state index is 10.5. The van der Waals surface area contributed by atoms with Gasteiger partial charge in [0, 0.05) is 5.56 Å². The number of hydrogen-bond acceptors (Lipinski definition) is 6. The highest BCUT2D eigenvalue weighted by molar-refractivity contribution is 5.54. The molecule has 128 valence electrons. The highest BCUT2D eigenvalue weighted by atomic mass is 16.6. The molecule has 3 aromatic rings. The van der Waals surface area contributed by atoms with Crippen molar-refractivity contribution in [3.05, 3.63) is 53.6 Å². The average Bonchev–Trinajstić information content (AvgIpc) is 3.10. The zero-order valence-corrected chi connectivity index (χ0v) is 13.8. The fourth-order valence-corrected chi connectivity index (χ4v) is 2.67. The number of benzene rings is 2. The lowest BCUT2D eigenvalue weighted by molar-refractivity contribution is 0.141. The Morgan fingerprint density at radius 1 is 1.08 bits per heavy atom. The molecule has 25 heavy (non-hydrogen) atoms. The first-order chi connectivity index (χ1) is 12.2. The van der Waals surface area contributed by atoms with Crippen LogP contribution < -0.4 is 9.47 Å². The molecular formula is C18H18N4O3. The van der Waals surface area contributed by atoms with Gasteiger partial charge >= 0.3 is 0 Å². The number of ether oxygens (including phenoxy) is 2. The average molecular weight is 338 g/mol. The van der Waals surface area contributed by atoms with E-state index in [1.54, 1.807) is 12.1 Å². The first-order valence-corrected chi connectivity index (χ1v) is 8.11. The zero-order chi connectivity index (χ0) is 17.2. The largest absolute Gasteiger partial charge is 0.486 e. The van der Waals surface area contributed by atoms with Gasteiger partial charge in [0.25, 0.3) is 0 Å². The fraction of sp³-hybridized carbons (Fsp3) is 0.278. The quantitative estimate of drug-likeness (QED) is 0.785. The van der Waals surface area contributed by atoms with Crippen molar-refractivity contribution in [2.45, 2.75) is 19.6 Å². The molecule has 4 rings (SSSR count). The third-order valence-corrected chi connectivity index (χ3v) is 4.05. The number of nitrogens with zero attached hydrogens (tertiary/aromatic N) is 4. The van der Waals surface area contributed by atoms with Gasteiger partial charge in [0.1, 0.15) is 19.3 Å². The summed E-state index contributed by atoms with van der Waals surface area (Å²) in [7, 11) is 0. The monoisotopic (exact) mass is 338 g/mol. The van der Waals surface area contributed by atoms with E-state index >= 15 is 0 Å². The first kappa shape index (κ1) is 15.6. The van der Waals surface area contributed by atoms with E-state index in [0.717, 1.165) is 11.1 Å². The van der Waals surface area contributed by atoms with E-state index in [4.69, 9.17) is 9.47 Å². The smallest absolute Gasteiger partial charge is 0.204 e. The molecule has 1 aliphatic heterocycles. The van der Waals surface area contributed by atoms with E-state index in [1.165, 1.54) is 10.4 Å². The molecule has 1 aromatic heterocycles. The molecule has 1 N–H and O–H groups in total. The van der Waals surface area contributed by atoms with Gasteiger partial charge in [-0.15, -0.1) is 10.2 Å². The summed E-state index contributed by atoms with van der Waals surface area (Å²) in [6.07, 6.45) is -0.768. The minimum Gasteiger partial charge on any atom is -0.486 e. The van der Waals surface area contributed by atoms with Crippen LogP contribution in [-0.4, -0.2) is 38.5 Å². The van der Waals surface area contributed by atoms with Gasteiger partial charge in [-0.1, -0.05) is 35.9 Å². The summed E-state index contributed by atoms with van der Waals surface area (Å²) in [4.78, 5) is 1.40. The lowest BCUT2D eigenvalue weighted by Crippen LogP contribution is -2.16. The Labute approximate surface area is 144 Å². The van der Waals surface area contributed by atoms with Crippen LogP contribution in [0.25, 0.3) is 11.4 Å². The van der Waals surface area contributed by atoms with Gasteiger partial charge < -0.3 is 14.6 Å². The molecule has 0 bridgehead atoms. The van der Waals surface area contributed by atoms with Crippen LogP contribution in [0.15, 0.2) is 42.5 Å². The summed E-state index contributed by atoms with van der Waals surface area (Å²) in [5.41, 5.74) is 2.79. The minimum absolute atomic E-state index is 0.207. The SMILES string of the molecule is Cc1ccc(-c2nnn(C[C@@H](O)c3ccc4c(c3)OCCO4)n2)cc1. The molecule has 7 heteroatoms. The minimum atomic E-state index is -0.768. The molecule has 7 nitrogen and oxygen atoms in total. The summed E-state index contributed by atoms with van der Waals surface area (Å²) in [5, 5.41) is 22.9. The summed E-state index contributed by atoms with van der Waals surface area (Å²) in [6, 6.07) is 13.3. The highest BCUT2D eigenvalue weighted by Crippen LogP contribution is 2.32. The predicted molar refractivity (Wildman–Crippen MR) is 90.4 cm³/mol. The molecule has 0 saturated heterocycles. The van der Waals surface area contributed by atoms with Crippen molar-refractivity contribution in [3.8, 4) is 22.9 Å². The van der Waals surface area contributed by atoms with Gasteiger partial charge in [0.2, 0.25) is 5.82 Å². The molecule has 0 fully saturated rings. The van der Waals surface area contributed by atoms with Crippen LogP contribution >= 0.6 is 0 Å². The van der Waals surface area contributed by atoms with E-state index < -0.39 is 6.10 Å². The number of aliphatic hydroxyl groups excluding tert-OH is 1. The van der Waals surface area contributed by atoms with Crippen LogP contribution in [-0.2, 0) is 6.54 Å². The molecular weight excluding hydrogens is 320 g/mol. The summed E-state index contributed by atoms with van der Waals surface area (Å²) >= 11 is 0. The highest BCUT2D eigenvalue weighted by Gasteiger charge is 2.17. The number of aliphatic hydroxyl groups is 1. The van der Waals surface area contributed by atoms with Gasteiger partial charge in [-0.25, -0.2) is 0 Å². The number of aryl methyl sites for hydroxylation is 1. The Morgan fingerprint density at radius 2 is 1.84 bits per heavy atom. The Balaban J connectivity index is 1.49. The lowest BCUT2D eigenvalue weighted by Gasteiger charge is -2.20.